The van der Waals surface area contributed by atoms with E-state index in [-0.39, 0.29) is 24.1 Å². The number of anilines is 1. The molecule has 2 fully saturated rings. The molecule has 1 N–H and O–H groups in total. The Bertz CT molecular complexity index is 958. The van der Waals surface area contributed by atoms with Crippen molar-refractivity contribution in [3.63, 3.8) is 0 Å². The first-order valence-corrected chi connectivity index (χ1v) is 11.0. The number of aromatic nitrogens is 1. The zero-order valence-corrected chi connectivity index (χ0v) is 17.9. The Morgan fingerprint density at radius 1 is 1.12 bits per heavy atom. The molecule has 172 valence electrons. The maximum atomic E-state index is 12.7. The number of alkyl halides is 3. The lowest BCUT2D eigenvalue weighted by molar-refractivity contribution is -0.274. The fraction of sp³-hybridized carbons (Fsp3) is 0.450. The van der Waals surface area contributed by atoms with E-state index in [1.54, 1.807) is 27.3 Å². The number of ether oxygens (including phenoxy) is 1. The third-order valence-electron chi connectivity index (χ3n) is 5.25. The lowest BCUT2D eigenvalue weighted by atomic mass is 10.2. The predicted molar refractivity (Wildman–Crippen MR) is 112 cm³/mol. The molecule has 4 rings (SSSR count). The van der Waals surface area contributed by atoms with Gasteiger partial charge in [0, 0.05) is 51.2 Å². The minimum absolute atomic E-state index is 0.0129. The van der Waals surface area contributed by atoms with Crippen LogP contribution < -0.4 is 15.0 Å². The summed E-state index contributed by atoms with van der Waals surface area (Å²) in [6.07, 6.45) is -4.51. The summed E-state index contributed by atoms with van der Waals surface area (Å²) in [5, 5.41) is 5.13. The van der Waals surface area contributed by atoms with Crippen LogP contribution in [0.2, 0.25) is 0 Å². The molecule has 0 atom stereocenters. The van der Waals surface area contributed by atoms with E-state index in [0.29, 0.717) is 56.6 Å². The Morgan fingerprint density at radius 3 is 2.47 bits per heavy atom. The summed E-state index contributed by atoms with van der Waals surface area (Å²) in [5.41, 5.74) is 1.53. The van der Waals surface area contributed by atoms with Crippen molar-refractivity contribution in [2.24, 2.45) is 0 Å². The highest BCUT2D eigenvalue weighted by molar-refractivity contribution is 7.14. The van der Waals surface area contributed by atoms with E-state index in [4.69, 9.17) is 0 Å². The number of hydrogen-bond acceptors (Lipinski definition) is 6. The van der Waals surface area contributed by atoms with Crippen molar-refractivity contribution in [1.82, 2.24) is 20.1 Å². The number of urea groups is 1. The predicted octanol–water partition coefficient (Wildman–Crippen LogP) is 2.46. The summed E-state index contributed by atoms with van der Waals surface area (Å²) in [4.78, 5) is 34.3. The van der Waals surface area contributed by atoms with Gasteiger partial charge in [0.2, 0.25) is 5.91 Å². The van der Waals surface area contributed by atoms with E-state index >= 15 is 0 Å². The second-order valence-corrected chi connectivity index (χ2v) is 8.37. The number of hydrogen-bond donors (Lipinski definition) is 1. The molecule has 0 aliphatic carbocycles. The first-order chi connectivity index (χ1) is 15.3. The number of thiazole rings is 1. The van der Waals surface area contributed by atoms with E-state index in [9.17, 15) is 22.8 Å². The molecular formula is C20H22F3N5O3S. The number of benzene rings is 1. The van der Waals surface area contributed by atoms with Gasteiger partial charge in [-0.1, -0.05) is 12.1 Å². The smallest absolute Gasteiger partial charge is 0.406 e. The molecule has 2 aliphatic rings. The molecule has 2 aromatic rings. The minimum Gasteiger partial charge on any atom is -0.406 e. The summed E-state index contributed by atoms with van der Waals surface area (Å²) >= 11 is 1.35. The van der Waals surface area contributed by atoms with Gasteiger partial charge in [-0.25, -0.2) is 9.78 Å². The molecule has 1 aromatic carbocycles. The highest BCUT2D eigenvalue weighted by Crippen LogP contribution is 2.24. The summed E-state index contributed by atoms with van der Waals surface area (Å²) in [6.45, 7) is 4.22. The highest BCUT2D eigenvalue weighted by Gasteiger charge is 2.31. The molecule has 0 saturated carbocycles. The van der Waals surface area contributed by atoms with Crippen molar-refractivity contribution in [3.05, 3.63) is 40.9 Å². The Kier molecular flexibility index (Phi) is 6.51. The number of rotatable bonds is 6. The van der Waals surface area contributed by atoms with Crippen LogP contribution in [-0.2, 0) is 17.8 Å². The van der Waals surface area contributed by atoms with Crippen LogP contribution in [0.1, 0.15) is 11.3 Å². The summed E-state index contributed by atoms with van der Waals surface area (Å²) in [7, 11) is 0. The van der Waals surface area contributed by atoms with Crippen LogP contribution in [0.3, 0.4) is 0 Å². The van der Waals surface area contributed by atoms with Gasteiger partial charge in [-0.3, -0.25) is 14.6 Å². The van der Waals surface area contributed by atoms with Crippen LogP contribution in [0.4, 0.5) is 23.1 Å². The molecule has 3 heterocycles. The molecule has 0 spiro atoms. The first kappa shape index (κ1) is 22.3. The maximum Gasteiger partial charge on any atom is 0.573 e. The largest absolute Gasteiger partial charge is 0.573 e. The Hall–Kier alpha value is -2.86. The van der Waals surface area contributed by atoms with E-state index < -0.39 is 6.36 Å². The van der Waals surface area contributed by atoms with Gasteiger partial charge in [0.05, 0.1) is 12.1 Å². The number of amides is 3. The third kappa shape index (κ3) is 5.68. The van der Waals surface area contributed by atoms with E-state index in [1.165, 1.54) is 23.5 Å². The van der Waals surface area contributed by atoms with E-state index in [2.05, 4.69) is 19.9 Å². The zero-order chi connectivity index (χ0) is 22.7. The van der Waals surface area contributed by atoms with Gasteiger partial charge < -0.3 is 15.0 Å². The molecular weight excluding hydrogens is 447 g/mol. The normalized spacial score (nSPS) is 17.5. The Balaban J connectivity index is 1.23. The van der Waals surface area contributed by atoms with Crippen LogP contribution >= 0.6 is 11.3 Å². The number of piperazine rings is 1. The van der Waals surface area contributed by atoms with Crippen molar-refractivity contribution in [1.29, 1.82) is 0 Å². The Labute approximate surface area is 186 Å². The monoisotopic (exact) mass is 469 g/mol. The van der Waals surface area contributed by atoms with Gasteiger partial charge in [-0.15, -0.1) is 24.5 Å². The number of nitrogens with zero attached hydrogens (tertiary/aromatic N) is 4. The fourth-order valence-electron chi connectivity index (χ4n) is 3.63. The van der Waals surface area contributed by atoms with Gasteiger partial charge >= 0.3 is 12.4 Å². The lowest BCUT2D eigenvalue weighted by Crippen LogP contribution is -2.48. The maximum absolute atomic E-state index is 12.7. The average Bonchev–Trinajstić information content (AvgIpc) is 3.37. The van der Waals surface area contributed by atoms with Gasteiger partial charge in [0.15, 0.2) is 5.13 Å². The Morgan fingerprint density at radius 2 is 1.84 bits per heavy atom. The number of nitrogens with one attached hydrogen (secondary N) is 1. The fourth-order valence-corrected chi connectivity index (χ4v) is 4.48. The second-order valence-electron chi connectivity index (χ2n) is 7.53. The molecule has 32 heavy (non-hydrogen) atoms. The summed E-state index contributed by atoms with van der Waals surface area (Å²) < 4.78 is 40.7. The molecule has 0 radical (unpaired) electrons. The zero-order valence-electron chi connectivity index (χ0n) is 17.1. The number of carbonyl (C=O) groups is 2. The second kappa shape index (κ2) is 9.33. The summed E-state index contributed by atoms with van der Waals surface area (Å²) in [6, 6.07) is 5.65. The van der Waals surface area contributed by atoms with Crippen LogP contribution in [0.15, 0.2) is 29.6 Å². The van der Waals surface area contributed by atoms with Crippen molar-refractivity contribution in [2.75, 3.05) is 44.2 Å². The molecule has 12 heteroatoms. The van der Waals surface area contributed by atoms with Crippen molar-refractivity contribution >= 4 is 28.4 Å². The van der Waals surface area contributed by atoms with Crippen LogP contribution in [0, 0.1) is 0 Å². The standard InChI is InChI=1S/C20H22F3N5O3S/c21-20(22,23)31-16-3-1-14(2-4-16)12-26-7-9-27(10-8-26)17(29)11-15-13-32-19(25-15)28-6-5-24-18(28)30/h1-4,13H,5-12H2,(H,24,30). The minimum atomic E-state index is -4.70. The molecule has 0 bridgehead atoms. The summed E-state index contributed by atoms with van der Waals surface area (Å²) in [5.74, 6) is -0.256. The molecule has 1 aromatic heterocycles. The average molecular weight is 469 g/mol. The third-order valence-corrected chi connectivity index (χ3v) is 6.16. The van der Waals surface area contributed by atoms with Crippen molar-refractivity contribution in [2.45, 2.75) is 19.3 Å². The SMILES string of the molecule is O=C(Cc1csc(N2CCNC2=O)n1)N1CCN(Cc2ccc(OC(F)(F)F)cc2)CC1. The van der Waals surface area contributed by atoms with Crippen molar-refractivity contribution < 1.29 is 27.5 Å². The molecule has 2 aliphatic heterocycles. The number of carbonyl (C=O) groups excluding carboxylic acids is 2. The van der Waals surface area contributed by atoms with E-state index in [0.717, 1.165) is 5.56 Å². The highest BCUT2D eigenvalue weighted by atomic mass is 32.1. The van der Waals surface area contributed by atoms with E-state index in [1.807, 2.05) is 0 Å². The van der Waals surface area contributed by atoms with Crippen LogP contribution in [0.25, 0.3) is 0 Å². The van der Waals surface area contributed by atoms with Gasteiger partial charge in [-0.2, -0.15) is 0 Å². The van der Waals surface area contributed by atoms with Crippen LogP contribution in [-0.4, -0.2) is 72.4 Å². The lowest BCUT2D eigenvalue weighted by Gasteiger charge is -2.34. The molecule has 0 unspecified atom stereocenters. The first-order valence-electron chi connectivity index (χ1n) is 10.1. The van der Waals surface area contributed by atoms with Gasteiger partial charge in [-0.05, 0) is 17.7 Å². The van der Waals surface area contributed by atoms with Crippen LogP contribution in [0.5, 0.6) is 5.75 Å². The molecule has 8 nitrogen and oxygen atoms in total. The quantitative estimate of drug-likeness (QED) is 0.704. The van der Waals surface area contributed by atoms with Crippen molar-refractivity contribution in [3.8, 4) is 5.75 Å². The van der Waals surface area contributed by atoms with Gasteiger partial charge in [0.1, 0.15) is 5.75 Å². The molecule has 2 saturated heterocycles. The topological polar surface area (TPSA) is 78.0 Å². The molecule has 3 amide bonds. The van der Waals surface area contributed by atoms with Gasteiger partial charge in [0.25, 0.3) is 0 Å². The number of halogens is 3.